The molecule has 188 valence electrons. The van der Waals surface area contributed by atoms with Crippen molar-refractivity contribution < 1.29 is 24.2 Å². The number of fused-ring (bicyclic) bond motifs is 1. The lowest BCUT2D eigenvalue weighted by Gasteiger charge is -2.23. The highest BCUT2D eigenvalue weighted by Gasteiger charge is 2.48. The van der Waals surface area contributed by atoms with E-state index in [1.165, 1.54) is 23.3 Å². The number of aliphatic hydroxyl groups excluding tert-OH is 1. The molecule has 0 saturated carbocycles. The zero-order valence-electron chi connectivity index (χ0n) is 20.9. The Morgan fingerprint density at radius 1 is 1.03 bits per heavy atom. The van der Waals surface area contributed by atoms with E-state index in [9.17, 15) is 14.7 Å². The van der Waals surface area contributed by atoms with E-state index in [1.54, 1.807) is 48.5 Å². The molecule has 1 aliphatic heterocycles. The SMILES string of the molecule is COc1cccc(C(O)=C2C(=O)C(=O)N(c3nc4ccc(C)cc4s3)[C@H]2c2ccc(OC(C)C)cc2)c1. The Labute approximate surface area is 218 Å². The van der Waals surface area contributed by atoms with Crippen LogP contribution in [0.3, 0.4) is 0 Å². The third kappa shape index (κ3) is 4.56. The van der Waals surface area contributed by atoms with Crippen molar-refractivity contribution in [1.82, 2.24) is 4.98 Å². The number of Topliss-reactive ketones (excluding diaryl/α,β-unsaturated/α-hetero) is 1. The Hall–Kier alpha value is -4.17. The molecule has 1 aliphatic rings. The number of hydrogen-bond donors (Lipinski definition) is 1. The zero-order valence-corrected chi connectivity index (χ0v) is 21.7. The molecule has 1 N–H and O–H groups in total. The first-order chi connectivity index (χ1) is 17.8. The molecule has 1 amide bonds. The average Bonchev–Trinajstić information content (AvgIpc) is 3.41. The highest BCUT2D eigenvalue weighted by atomic mass is 32.1. The molecule has 0 bridgehead atoms. The zero-order chi connectivity index (χ0) is 26.3. The van der Waals surface area contributed by atoms with Gasteiger partial charge in [0.1, 0.15) is 17.3 Å². The quantitative estimate of drug-likeness (QED) is 0.192. The van der Waals surface area contributed by atoms with E-state index in [4.69, 9.17) is 9.47 Å². The van der Waals surface area contributed by atoms with Crippen LogP contribution in [0.1, 0.15) is 36.6 Å². The van der Waals surface area contributed by atoms with Gasteiger partial charge in [-0.2, -0.15) is 0 Å². The predicted molar refractivity (Wildman–Crippen MR) is 144 cm³/mol. The number of anilines is 1. The Morgan fingerprint density at radius 2 is 1.78 bits per heavy atom. The number of nitrogens with zero attached hydrogens (tertiary/aromatic N) is 2. The van der Waals surface area contributed by atoms with Gasteiger partial charge in [0.15, 0.2) is 5.13 Å². The molecule has 0 aliphatic carbocycles. The van der Waals surface area contributed by atoms with Gasteiger partial charge in [-0.15, -0.1) is 0 Å². The van der Waals surface area contributed by atoms with Crippen molar-refractivity contribution in [3.8, 4) is 11.5 Å². The minimum atomic E-state index is -0.874. The van der Waals surface area contributed by atoms with Crippen LogP contribution in [0.4, 0.5) is 5.13 Å². The second kappa shape index (κ2) is 9.71. The van der Waals surface area contributed by atoms with E-state index in [0.29, 0.717) is 27.8 Å². The number of carbonyl (C=O) groups is 2. The number of methoxy groups -OCH3 is 1. The molecule has 0 radical (unpaired) electrons. The number of hydrogen-bond acceptors (Lipinski definition) is 7. The summed E-state index contributed by atoms with van der Waals surface area (Å²) >= 11 is 1.33. The number of carbonyl (C=O) groups excluding carboxylic acids is 2. The molecule has 3 aromatic carbocycles. The van der Waals surface area contributed by atoms with Gasteiger partial charge in [-0.3, -0.25) is 14.5 Å². The normalized spacial score (nSPS) is 17.1. The van der Waals surface area contributed by atoms with Crippen molar-refractivity contribution in [3.05, 3.63) is 89.0 Å². The molecule has 0 unspecified atom stereocenters. The third-order valence-electron chi connectivity index (χ3n) is 6.09. The number of aliphatic hydroxyl groups is 1. The van der Waals surface area contributed by atoms with E-state index in [1.807, 2.05) is 39.0 Å². The van der Waals surface area contributed by atoms with Crippen LogP contribution < -0.4 is 14.4 Å². The van der Waals surface area contributed by atoms with Crippen LogP contribution in [-0.2, 0) is 9.59 Å². The summed E-state index contributed by atoms with van der Waals surface area (Å²) in [6.07, 6.45) is -0.00393. The average molecular weight is 515 g/mol. The number of thiazole rings is 1. The standard InChI is InChI=1S/C29H26N2O5S/c1-16(2)36-20-11-9-18(10-12-20)25-24(26(32)19-6-5-7-21(15-19)35-4)27(33)28(34)31(25)29-30-22-13-8-17(3)14-23(22)37-29/h5-16,25,32H,1-4H3/t25-/m0/s1. The minimum absolute atomic E-state index is 0.00393. The van der Waals surface area contributed by atoms with Gasteiger partial charge in [0.25, 0.3) is 5.78 Å². The summed E-state index contributed by atoms with van der Waals surface area (Å²) in [6.45, 7) is 5.86. The van der Waals surface area contributed by atoms with E-state index >= 15 is 0 Å². The van der Waals surface area contributed by atoms with Gasteiger partial charge in [0, 0.05) is 5.56 Å². The number of benzene rings is 3. The summed E-state index contributed by atoms with van der Waals surface area (Å²) in [5.74, 6) is -0.606. The second-order valence-corrected chi connectivity index (χ2v) is 10.1. The van der Waals surface area contributed by atoms with E-state index in [2.05, 4.69) is 4.98 Å². The molecule has 1 saturated heterocycles. The summed E-state index contributed by atoms with van der Waals surface area (Å²) in [5.41, 5.74) is 2.82. The maximum atomic E-state index is 13.5. The molecule has 8 heteroatoms. The van der Waals surface area contributed by atoms with Crippen LogP contribution in [0, 0.1) is 6.92 Å². The summed E-state index contributed by atoms with van der Waals surface area (Å²) < 4.78 is 12.0. The van der Waals surface area contributed by atoms with Crippen molar-refractivity contribution >= 4 is 44.1 Å². The van der Waals surface area contributed by atoms with Gasteiger partial charge in [0.05, 0.1) is 35.0 Å². The Kier molecular flexibility index (Phi) is 6.43. The van der Waals surface area contributed by atoms with Crippen LogP contribution in [0.5, 0.6) is 11.5 Å². The number of ether oxygens (including phenoxy) is 2. The lowest BCUT2D eigenvalue weighted by atomic mass is 9.95. The topological polar surface area (TPSA) is 89.0 Å². The van der Waals surface area contributed by atoms with Crippen LogP contribution in [0.25, 0.3) is 16.0 Å². The molecular formula is C29H26N2O5S. The van der Waals surface area contributed by atoms with Gasteiger partial charge >= 0.3 is 5.91 Å². The van der Waals surface area contributed by atoms with Crippen LogP contribution in [0.15, 0.2) is 72.3 Å². The van der Waals surface area contributed by atoms with Crippen molar-refractivity contribution in [2.45, 2.75) is 32.9 Å². The van der Waals surface area contributed by atoms with E-state index in [-0.39, 0.29) is 17.4 Å². The van der Waals surface area contributed by atoms with Crippen LogP contribution >= 0.6 is 11.3 Å². The first-order valence-corrected chi connectivity index (χ1v) is 12.7. The molecule has 5 rings (SSSR count). The molecule has 4 aromatic rings. The van der Waals surface area contributed by atoms with Gasteiger partial charge in [0.2, 0.25) is 0 Å². The number of amides is 1. The summed E-state index contributed by atoms with van der Waals surface area (Å²) in [7, 11) is 1.52. The largest absolute Gasteiger partial charge is 0.507 e. The monoisotopic (exact) mass is 514 g/mol. The Morgan fingerprint density at radius 3 is 2.49 bits per heavy atom. The van der Waals surface area contributed by atoms with Crippen molar-refractivity contribution in [2.24, 2.45) is 0 Å². The van der Waals surface area contributed by atoms with Crippen molar-refractivity contribution in [3.63, 3.8) is 0 Å². The van der Waals surface area contributed by atoms with Crippen molar-refractivity contribution in [2.75, 3.05) is 12.0 Å². The van der Waals surface area contributed by atoms with Gasteiger partial charge in [-0.05, 0) is 68.3 Å². The lowest BCUT2D eigenvalue weighted by molar-refractivity contribution is -0.132. The van der Waals surface area contributed by atoms with Crippen LogP contribution in [-0.4, -0.2) is 35.0 Å². The fourth-order valence-electron chi connectivity index (χ4n) is 4.39. The summed E-state index contributed by atoms with van der Waals surface area (Å²) in [4.78, 5) is 32.9. The highest BCUT2D eigenvalue weighted by molar-refractivity contribution is 7.22. The molecule has 2 heterocycles. The fourth-order valence-corrected chi connectivity index (χ4v) is 5.49. The van der Waals surface area contributed by atoms with Gasteiger partial charge in [-0.25, -0.2) is 4.98 Å². The molecular weight excluding hydrogens is 488 g/mol. The maximum absolute atomic E-state index is 13.5. The van der Waals surface area contributed by atoms with Crippen molar-refractivity contribution in [1.29, 1.82) is 0 Å². The lowest BCUT2D eigenvalue weighted by Crippen LogP contribution is -2.29. The molecule has 37 heavy (non-hydrogen) atoms. The summed E-state index contributed by atoms with van der Waals surface area (Å²) in [5, 5.41) is 11.7. The minimum Gasteiger partial charge on any atom is -0.507 e. The number of aromatic nitrogens is 1. The molecule has 1 fully saturated rings. The molecule has 7 nitrogen and oxygen atoms in total. The number of rotatable bonds is 6. The Bertz CT molecular complexity index is 1540. The predicted octanol–water partition coefficient (Wildman–Crippen LogP) is 6.03. The van der Waals surface area contributed by atoms with E-state index < -0.39 is 17.7 Å². The smallest absolute Gasteiger partial charge is 0.301 e. The summed E-state index contributed by atoms with van der Waals surface area (Å²) in [6, 6.07) is 18.9. The first-order valence-electron chi connectivity index (χ1n) is 11.9. The van der Waals surface area contributed by atoms with Crippen LogP contribution in [0.2, 0.25) is 0 Å². The highest BCUT2D eigenvalue weighted by Crippen LogP contribution is 2.44. The fraction of sp³-hybridized carbons (Fsp3) is 0.207. The Balaban J connectivity index is 1.69. The third-order valence-corrected chi connectivity index (χ3v) is 7.11. The molecule has 0 spiro atoms. The number of aryl methyl sites for hydroxylation is 1. The molecule has 1 aromatic heterocycles. The van der Waals surface area contributed by atoms with Gasteiger partial charge in [-0.1, -0.05) is 41.7 Å². The molecule has 1 atom stereocenters. The number of ketones is 1. The van der Waals surface area contributed by atoms with Gasteiger partial charge < -0.3 is 14.6 Å². The van der Waals surface area contributed by atoms with E-state index in [0.717, 1.165) is 15.8 Å². The second-order valence-electron chi connectivity index (χ2n) is 9.10. The maximum Gasteiger partial charge on any atom is 0.301 e. The first kappa shape index (κ1) is 24.5.